The molecular weight excluding hydrogens is 710 g/mol. The molecule has 1 unspecified atom stereocenters. The van der Waals surface area contributed by atoms with Gasteiger partial charge < -0.3 is 40.8 Å². The number of anilines is 2. The molecule has 19 nitrogen and oxygen atoms in total. The van der Waals surface area contributed by atoms with Crippen LogP contribution in [0.5, 0.6) is 0 Å². The summed E-state index contributed by atoms with van der Waals surface area (Å²) in [5.41, 5.74) is 13.0. The highest BCUT2D eigenvalue weighted by Gasteiger charge is 2.51. The number of aromatic nitrogens is 8. The van der Waals surface area contributed by atoms with Gasteiger partial charge in [0.15, 0.2) is 35.4 Å². The molecule has 0 radical (unpaired) electrons. The maximum Gasteiger partial charge on any atom is 0.389 e. The molecule has 0 aromatic carbocycles. The molecule has 0 saturated carbocycles. The van der Waals surface area contributed by atoms with Gasteiger partial charge in [-0.15, -0.1) is 12.2 Å². The Bertz CT molecular complexity index is 1850. The molecule has 7 N–H and O–H groups in total. The fourth-order valence-electron chi connectivity index (χ4n) is 5.33. The molecule has 6 heterocycles. The summed E-state index contributed by atoms with van der Waals surface area (Å²) >= 11 is 5.34. The van der Waals surface area contributed by atoms with Gasteiger partial charge in [-0.2, -0.15) is 0 Å². The van der Waals surface area contributed by atoms with Gasteiger partial charge in [-0.1, -0.05) is 19.6 Å². The van der Waals surface area contributed by atoms with Crippen molar-refractivity contribution in [3.05, 3.63) is 25.3 Å². The number of fused-ring (bicyclic) bond motifs is 2. The first-order valence-electron chi connectivity index (χ1n) is 14.7. The molecule has 48 heavy (non-hydrogen) atoms. The van der Waals surface area contributed by atoms with E-state index in [1.54, 1.807) is 19.6 Å². The summed E-state index contributed by atoms with van der Waals surface area (Å²) in [6.07, 6.45) is -4.49. The largest absolute Gasteiger partial charge is 0.389 e. The minimum atomic E-state index is -4.13. The van der Waals surface area contributed by atoms with E-state index < -0.39 is 69.5 Å². The van der Waals surface area contributed by atoms with E-state index in [1.165, 1.54) is 34.4 Å². The average Bonchev–Trinajstić information content (AvgIpc) is 3.81. The lowest BCUT2D eigenvalue weighted by Crippen LogP contribution is -2.36. The SMILES string of the molecule is C/C=[PH](\S)OC[C@H]1O[C@@H](n2cnc3c(N)ncnc32)[C@H](O)[C@@H]1O[P@](=O)(OC[C@H]1O[C@@H](n2cnc3c(N)ncnc32)[C@H](O)[C@@H]1O)SC(C)C. The van der Waals surface area contributed by atoms with Crippen LogP contribution in [0.25, 0.3) is 22.3 Å². The van der Waals surface area contributed by atoms with E-state index in [0.29, 0.717) is 16.7 Å². The topological polar surface area (TPSA) is 263 Å². The van der Waals surface area contributed by atoms with E-state index in [1.807, 2.05) is 6.92 Å². The van der Waals surface area contributed by atoms with Crippen molar-refractivity contribution in [2.24, 2.45) is 0 Å². The zero-order valence-corrected chi connectivity index (χ0v) is 29.4. The number of imidazole rings is 2. The Morgan fingerprint density at radius 1 is 0.938 bits per heavy atom. The number of hydrogen-bond donors (Lipinski definition) is 6. The van der Waals surface area contributed by atoms with Gasteiger partial charge in [0.25, 0.3) is 0 Å². The third-order valence-electron chi connectivity index (χ3n) is 7.60. The molecule has 23 heteroatoms. The second-order valence-electron chi connectivity index (χ2n) is 11.2. The van der Waals surface area contributed by atoms with Crippen LogP contribution in [-0.4, -0.2) is 115 Å². The molecule has 0 amide bonds. The summed E-state index contributed by atoms with van der Waals surface area (Å²) in [5, 5.41) is 33.1. The van der Waals surface area contributed by atoms with Crippen molar-refractivity contribution in [1.82, 2.24) is 39.0 Å². The molecule has 6 rings (SSSR count). The summed E-state index contributed by atoms with van der Waals surface area (Å²) in [6.45, 7) is -0.834. The van der Waals surface area contributed by atoms with Gasteiger partial charge in [0.1, 0.15) is 60.3 Å². The average molecular weight is 747 g/mol. The van der Waals surface area contributed by atoms with Crippen LogP contribution in [-0.2, 0) is 27.6 Å². The summed E-state index contributed by atoms with van der Waals surface area (Å²) in [5.74, 6) is 2.09. The van der Waals surface area contributed by atoms with Gasteiger partial charge in [0.2, 0.25) is 0 Å². The molecule has 0 aliphatic carbocycles. The first-order valence-corrected chi connectivity index (χ1v) is 20.5. The van der Waals surface area contributed by atoms with Crippen molar-refractivity contribution in [2.75, 3.05) is 24.7 Å². The number of hydrogen-bond acceptors (Lipinski definition) is 19. The monoisotopic (exact) mass is 746 g/mol. The third kappa shape index (κ3) is 6.97. The quantitative estimate of drug-likeness (QED) is 0.0878. The molecule has 0 bridgehead atoms. The highest BCUT2D eigenvalue weighted by Crippen LogP contribution is 2.64. The second kappa shape index (κ2) is 14.5. The highest BCUT2D eigenvalue weighted by molar-refractivity contribution is 8.55. The summed E-state index contributed by atoms with van der Waals surface area (Å²) < 4.78 is 47.3. The highest BCUT2D eigenvalue weighted by atomic mass is 32.7. The van der Waals surface area contributed by atoms with E-state index in [0.717, 1.165) is 11.4 Å². The molecule has 4 aromatic heterocycles. The minimum absolute atomic E-state index is 0.0539. The van der Waals surface area contributed by atoms with Gasteiger partial charge in [-0.05, 0) is 18.3 Å². The lowest BCUT2D eigenvalue weighted by Gasteiger charge is -2.28. The molecule has 4 aromatic rings. The van der Waals surface area contributed by atoms with E-state index >= 15 is 0 Å². The number of aliphatic hydroxyl groups excluding tert-OH is 3. The van der Waals surface area contributed by atoms with Gasteiger partial charge in [-0.25, -0.2) is 34.5 Å². The summed E-state index contributed by atoms with van der Waals surface area (Å²) in [7, 11) is 0. The third-order valence-corrected chi connectivity index (χ3v) is 14.0. The molecule has 2 saturated heterocycles. The van der Waals surface area contributed by atoms with Gasteiger partial charge in [0, 0.05) is 12.2 Å². The number of thiol groups is 1. The van der Waals surface area contributed by atoms with Crippen LogP contribution in [0, 0.1) is 0 Å². The smallest absolute Gasteiger partial charge is 0.387 e. The molecule has 2 fully saturated rings. The molecular formula is C25H36N10O9P2S2. The zero-order chi connectivity index (χ0) is 34.3. The molecule has 2 aliphatic rings. The molecule has 0 spiro atoms. The van der Waals surface area contributed by atoms with Crippen molar-refractivity contribution >= 4 is 77.2 Å². The first kappa shape index (κ1) is 35.4. The standard InChI is InChI=1S/C25H36N10O9P2S2/c1-4-45(47)40-5-13-19(18(38)25(43-13)35-10-33-15-21(27)29-8-31-23(15)35)44-46(39,48-11(2)3)41-6-12-16(36)17(37)24(42-12)34-9-32-14-20(26)28-7-30-22(14)34/h4,7-13,16-19,24-25,36-38,45,47H,5-6H2,1-3H3,(H2,26,28,30)(H2,27,29,31)/t12-,13-,16-,17-,18-,19-,24-,25-,46+/m1/s1. The van der Waals surface area contributed by atoms with Gasteiger partial charge in [0.05, 0.1) is 25.9 Å². The normalized spacial score (nSPS) is 29.8. The number of nitrogens with zero attached hydrogens (tertiary/aromatic N) is 8. The van der Waals surface area contributed by atoms with Crippen LogP contribution in [0.3, 0.4) is 0 Å². The van der Waals surface area contributed by atoms with E-state index in [4.69, 9.17) is 34.5 Å². The van der Waals surface area contributed by atoms with Crippen LogP contribution < -0.4 is 11.5 Å². The Kier molecular flexibility index (Phi) is 10.7. The van der Waals surface area contributed by atoms with Crippen LogP contribution >= 0.6 is 37.4 Å². The Balaban J connectivity index is 1.23. The Morgan fingerprint density at radius 2 is 1.50 bits per heavy atom. The predicted molar refractivity (Wildman–Crippen MR) is 181 cm³/mol. The molecule has 262 valence electrons. The van der Waals surface area contributed by atoms with Crippen molar-refractivity contribution in [1.29, 1.82) is 0 Å². The van der Waals surface area contributed by atoms with Crippen LogP contribution in [0.1, 0.15) is 33.2 Å². The number of nitrogens with two attached hydrogens (primary N) is 2. The lowest BCUT2D eigenvalue weighted by molar-refractivity contribution is -0.0514. The summed E-state index contributed by atoms with van der Waals surface area (Å²) in [6, 6.07) is 0. The van der Waals surface area contributed by atoms with E-state index in [2.05, 4.69) is 42.2 Å². The number of aliphatic hydroxyl groups is 3. The molecule has 10 atom stereocenters. The minimum Gasteiger partial charge on any atom is -0.387 e. The maximum absolute atomic E-state index is 14.4. The van der Waals surface area contributed by atoms with Gasteiger partial charge in [-0.3, -0.25) is 18.2 Å². The van der Waals surface area contributed by atoms with Crippen LogP contribution in [0.2, 0.25) is 0 Å². The van der Waals surface area contributed by atoms with Crippen molar-refractivity contribution in [3.63, 3.8) is 0 Å². The van der Waals surface area contributed by atoms with Crippen LogP contribution in [0.15, 0.2) is 25.3 Å². The number of nitrogen functional groups attached to an aromatic ring is 2. The van der Waals surface area contributed by atoms with E-state index in [-0.39, 0.29) is 29.1 Å². The Morgan fingerprint density at radius 3 is 2.06 bits per heavy atom. The lowest BCUT2D eigenvalue weighted by atomic mass is 10.1. The Hall–Kier alpha value is -2.39. The number of ether oxygens (including phenoxy) is 2. The zero-order valence-electron chi connectivity index (χ0n) is 25.8. The maximum atomic E-state index is 14.4. The summed E-state index contributed by atoms with van der Waals surface area (Å²) in [4.78, 5) is 24.7. The van der Waals surface area contributed by atoms with Crippen molar-refractivity contribution < 1.29 is 42.9 Å². The van der Waals surface area contributed by atoms with Crippen LogP contribution in [0.4, 0.5) is 11.6 Å². The molecule has 2 aliphatic heterocycles. The number of rotatable bonds is 12. The first-order chi connectivity index (χ1) is 22.9. The second-order valence-corrected chi connectivity index (χ2v) is 18.5. The van der Waals surface area contributed by atoms with Crippen molar-refractivity contribution in [3.8, 4) is 0 Å². The fourth-order valence-corrected chi connectivity index (χ4v) is 9.99. The van der Waals surface area contributed by atoms with Crippen molar-refractivity contribution in [2.45, 2.75) is 75.1 Å². The van der Waals surface area contributed by atoms with Gasteiger partial charge >= 0.3 is 6.80 Å². The van der Waals surface area contributed by atoms with E-state index in [9.17, 15) is 19.9 Å². The fraction of sp³-hybridized carbons (Fsp3) is 0.560. The Labute approximate surface area is 283 Å². The predicted octanol–water partition coefficient (Wildman–Crippen LogP) is 1.17.